The van der Waals surface area contributed by atoms with Crippen molar-refractivity contribution in [2.75, 3.05) is 25.0 Å². The van der Waals surface area contributed by atoms with Crippen LogP contribution in [0.15, 0.2) is 59.7 Å². The van der Waals surface area contributed by atoms with E-state index in [4.69, 9.17) is 5.10 Å². The third-order valence-corrected chi connectivity index (χ3v) is 11.3. The largest absolute Gasteiger partial charge is 0.329 e. The first kappa shape index (κ1) is 35.6. The Kier molecular flexibility index (Phi) is 9.54. The van der Waals surface area contributed by atoms with Gasteiger partial charge in [-0.05, 0) is 80.8 Å². The zero-order chi connectivity index (χ0) is 37.7. The summed E-state index contributed by atoms with van der Waals surface area (Å²) in [5, 5.41) is 10.5. The van der Waals surface area contributed by atoms with E-state index in [-0.39, 0.29) is 42.0 Å². The van der Waals surface area contributed by atoms with Crippen molar-refractivity contribution >= 4 is 45.5 Å². The number of carbonyl (C=O) groups excluding carboxylic acids is 3. The molecular weight excluding hydrogens is 703 g/mol. The number of nitrogens with one attached hydrogen (secondary N) is 2. The number of likely N-dealkylation sites (tertiary alicyclic amines) is 1. The van der Waals surface area contributed by atoms with Gasteiger partial charge in [0.1, 0.15) is 34.9 Å². The number of benzene rings is 1. The molecule has 282 valence electrons. The molecule has 3 fully saturated rings. The first-order chi connectivity index (χ1) is 26.0. The maximum Gasteiger partial charge on any atom is 0.329 e. The Morgan fingerprint density at radius 1 is 1.04 bits per heavy atom. The van der Waals surface area contributed by atoms with Crippen molar-refractivity contribution in [1.82, 2.24) is 39.1 Å². The number of imide groups is 1. The molecule has 13 nitrogen and oxygen atoms in total. The van der Waals surface area contributed by atoms with Crippen LogP contribution < -0.4 is 16.3 Å². The number of pyridine rings is 2. The summed E-state index contributed by atoms with van der Waals surface area (Å²) in [6, 6.07) is 10.5. The number of piperidine rings is 2. The van der Waals surface area contributed by atoms with Crippen LogP contribution in [-0.4, -0.2) is 77.3 Å². The van der Waals surface area contributed by atoms with Crippen LogP contribution in [0.2, 0.25) is 0 Å². The quantitative estimate of drug-likeness (QED) is 0.206. The minimum atomic E-state index is -2.78. The van der Waals surface area contributed by atoms with Gasteiger partial charge in [0.05, 0.1) is 23.3 Å². The standard InChI is InChI=1S/C38H40F3N9O4/c1-47-34-25(4-2-7-30(34)50(38(47)54)31-12-13-33(51)45-37(31)53)24-14-15-48(20-26(24)39)18-21-8-10-23(11-9-21)49-19-22-16-32(42-17-29(22)46-49)44-36(52)28-6-3-5-27(43-28)35(40)41/h2-7,16-17,19,21,23-24,26,31,35H,8-15,18,20H2,1H3,(H,44,52)(H,45,51,53)/t21?,23?,24-,26+,31?/m0/s1. The van der Waals surface area contributed by atoms with Gasteiger partial charge in [-0.1, -0.05) is 18.2 Å². The number of fused-ring (bicyclic) bond motifs is 2. The second-order valence-corrected chi connectivity index (χ2v) is 14.7. The van der Waals surface area contributed by atoms with Gasteiger partial charge < -0.3 is 10.2 Å². The number of carbonyl (C=O) groups is 3. The normalized spacial score (nSPS) is 24.0. The zero-order valence-corrected chi connectivity index (χ0v) is 29.6. The van der Waals surface area contributed by atoms with Crippen molar-refractivity contribution in [2.24, 2.45) is 13.0 Å². The van der Waals surface area contributed by atoms with Crippen molar-refractivity contribution in [3.8, 4) is 0 Å². The van der Waals surface area contributed by atoms with Crippen LogP contribution >= 0.6 is 0 Å². The number of imidazole rings is 1. The number of halogens is 3. The van der Waals surface area contributed by atoms with Gasteiger partial charge in [0, 0.05) is 44.1 Å². The number of anilines is 1. The molecule has 16 heteroatoms. The lowest BCUT2D eigenvalue weighted by Crippen LogP contribution is -2.44. The highest BCUT2D eigenvalue weighted by Crippen LogP contribution is 2.38. The van der Waals surface area contributed by atoms with Gasteiger partial charge in [-0.2, -0.15) is 5.10 Å². The number of aryl methyl sites for hydroxylation is 1. The SMILES string of the molecule is Cn1c(=O)n(C2CCC(=O)NC2=O)c2cccc([C@@H]3CCN(CC4CCC(n5cc6cc(NC(=O)c7cccc(C(F)F)n7)ncc6n5)CC4)C[C@H]3F)c21. The van der Waals surface area contributed by atoms with Crippen LogP contribution in [0.4, 0.5) is 19.0 Å². The monoisotopic (exact) mass is 743 g/mol. The molecule has 3 amide bonds. The molecule has 4 aromatic heterocycles. The number of hydrogen-bond acceptors (Lipinski definition) is 8. The number of para-hydroxylation sites is 1. The molecule has 0 bridgehead atoms. The summed E-state index contributed by atoms with van der Waals surface area (Å²) < 4.78 is 47.0. The fourth-order valence-electron chi connectivity index (χ4n) is 8.52. The fourth-order valence-corrected chi connectivity index (χ4v) is 8.52. The number of hydrogen-bond donors (Lipinski definition) is 2. The van der Waals surface area contributed by atoms with Gasteiger partial charge in [0.15, 0.2) is 0 Å². The molecule has 2 saturated heterocycles. The minimum absolute atomic E-state index is 0.126. The first-order valence-electron chi connectivity index (χ1n) is 18.4. The highest BCUT2D eigenvalue weighted by atomic mass is 19.3. The Morgan fingerprint density at radius 2 is 1.83 bits per heavy atom. The minimum Gasteiger partial charge on any atom is -0.305 e. The van der Waals surface area contributed by atoms with E-state index in [9.17, 15) is 28.0 Å². The van der Waals surface area contributed by atoms with Gasteiger partial charge in [-0.25, -0.2) is 27.9 Å². The third kappa shape index (κ3) is 6.78. The van der Waals surface area contributed by atoms with Gasteiger partial charge in [0.2, 0.25) is 11.8 Å². The number of amides is 3. The third-order valence-electron chi connectivity index (χ3n) is 11.3. The maximum absolute atomic E-state index is 16.1. The molecule has 5 aromatic rings. The number of nitrogens with zero attached hydrogens (tertiary/aromatic N) is 7. The first-order valence-corrected chi connectivity index (χ1v) is 18.4. The van der Waals surface area contributed by atoms with Crippen molar-refractivity contribution in [3.05, 3.63) is 82.3 Å². The molecule has 1 aromatic carbocycles. The number of aromatic nitrogens is 6. The second kappa shape index (κ2) is 14.5. The van der Waals surface area contributed by atoms with E-state index in [1.165, 1.54) is 27.3 Å². The molecular formula is C38H40F3N9O4. The summed E-state index contributed by atoms with van der Waals surface area (Å²) in [7, 11) is 1.65. The molecule has 3 aliphatic rings. The summed E-state index contributed by atoms with van der Waals surface area (Å²) in [6.45, 7) is 1.83. The summed E-state index contributed by atoms with van der Waals surface area (Å²) in [4.78, 5) is 60.7. The highest BCUT2D eigenvalue weighted by Gasteiger charge is 2.36. The van der Waals surface area contributed by atoms with E-state index >= 15 is 4.39 Å². The van der Waals surface area contributed by atoms with E-state index in [0.717, 1.165) is 49.7 Å². The highest BCUT2D eigenvalue weighted by molar-refractivity contribution is 6.03. The van der Waals surface area contributed by atoms with Crippen molar-refractivity contribution in [3.63, 3.8) is 0 Å². The van der Waals surface area contributed by atoms with Crippen molar-refractivity contribution < 1.29 is 27.6 Å². The van der Waals surface area contributed by atoms with E-state index in [0.29, 0.717) is 35.4 Å². The van der Waals surface area contributed by atoms with Gasteiger partial charge in [0.25, 0.3) is 12.3 Å². The molecule has 1 aliphatic carbocycles. The summed E-state index contributed by atoms with van der Waals surface area (Å²) in [6.07, 6.45) is 4.35. The second-order valence-electron chi connectivity index (χ2n) is 14.7. The molecule has 2 aliphatic heterocycles. The van der Waals surface area contributed by atoms with E-state index < -0.39 is 42.1 Å². The van der Waals surface area contributed by atoms with Gasteiger partial charge >= 0.3 is 5.69 Å². The van der Waals surface area contributed by atoms with E-state index in [2.05, 4.69) is 25.5 Å². The molecule has 8 rings (SSSR count). The van der Waals surface area contributed by atoms with Crippen LogP contribution in [0.1, 0.15) is 91.1 Å². The maximum atomic E-state index is 16.1. The average molecular weight is 744 g/mol. The summed E-state index contributed by atoms with van der Waals surface area (Å²) >= 11 is 0. The smallest absolute Gasteiger partial charge is 0.305 e. The Labute approximate surface area is 307 Å². The van der Waals surface area contributed by atoms with E-state index in [1.54, 1.807) is 25.4 Å². The van der Waals surface area contributed by atoms with Crippen LogP contribution in [0, 0.1) is 5.92 Å². The predicted octanol–water partition coefficient (Wildman–Crippen LogP) is 5.21. The fraction of sp³-hybridized carbons (Fsp3) is 0.447. The Bertz CT molecular complexity index is 2310. The van der Waals surface area contributed by atoms with Crippen LogP contribution in [0.25, 0.3) is 21.9 Å². The molecule has 6 heterocycles. The van der Waals surface area contributed by atoms with Crippen LogP contribution in [0.5, 0.6) is 0 Å². The molecule has 0 radical (unpaired) electrons. The lowest BCUT2D eigenvalue weighted by molar-refractivity contribution is -0.135. The van der Waals surface area contributed by atoms with Crippen molar-refractivity contribution in [1.29, 1.82) is 0 Å². The van der Waals surface area contributed by atoms with Crippen LogP contribution in [0.3, 0.4) is 0 Å². The molecule has 0 spiro atoms. The predicted molar refractivity (Wildman–Crippen MR) is 193 cm³/mol. The Morgan fingerprint density at radius 3 is 2.59 bits per heavy atom. The average Bonchev–Trinajstić information content (AvgIpc) is 3.70. The van der Waals surface area contributed by atoms with Crippen molar-refractivity contribution in [2.45, 2.75) is 75.5 Å². The summed E-state index contributed by atoms with van der Waals surface area (Å²) in [5.41, 5.74) is 1.68. The molecule has 2 N–H and O–H groups in total. The van der Waals surface area contributed by atoms with Crippen LogP contribution in [-0.2, 0) is 16.6 Å². The van der Waals surface area contributed by atoms with Gasteiger partial charge in [-0.15, -0.1) is 0 Å². The van der Waals surface area contributed by atoms with Gasteiger partial charge in [-0.3, -0.25) is 33.5 Å². The number of rotatable bonds is 8. The molecule has 54 heavy (non-hydrogen) atoms. The number of alkyl halides is 3. The zero-order valence-electron chi connectivity index (χ0n) is 29.6. The molecule has 1 saturated carbocycles. The molecule has 3 atom stereocenters. The summed E-state index contributed by atoms with van der Waals surface area (Å²) in [5.74, 6) is -1.19. The molecule has 1 unspecified atom stereocenters. The Hall–Kier alpha value is -5.38. The topological polar surface area (TPSA) is 149 Å². The Balaban J connectivity index is 0.874. The lowest BCUT2D eigenvalue weighted by atomic mass is 9.83. The van der Waals surface area contributed by atoms with E-state index in [1.807, 2.05) is 23.0 Å². The lowest BCUT2D eigenvalue weighted by Gasteiger charge is -2.38.